The number of aromatic nitrogens is 2. The molecular weight excluding hydrogens is 468 g/mol. The average Bonchev–Trinajstić information content (AvgIpc) is 2.92. The molecule has 0 aliphatic carbocycles. The van der Waals surface area contributed by atoms with Crippen LogP contribution in [-0.2, 0) is 13.0 Å². The molecule has 0 bridgehead atoms. The first-order valence-corrected chi connectivity index (χ1v) is 12.1. The average molecular weight is 501 g/mol. The molecule has 9 heteroatoms. The summed E-state index contributed by atoms with van der Waals surface area (Å²) >= 11 is 0. The first-order chi connectivity index (χ1) is 18.1. The lowest BCUT2D eigenvalue weighted by Crippen LogP contribution is -2.23. The van der Waals surface area contributed by atoms with Crippen molar-refractivity contribution in [3.8, 4) is 11.5 Å². The molecule has 4 aromatic rings. The number of benzene rings is 3. The van der Waals surface area contributed by atoms with Crippen molar-refractivity contribution in [3.05, 3.63) is 83.7 Å². The minimum Gasteiger partial charge on any atom is -0.493 e. The van der Waals surface area contributed by atoms with Crippen molar-refractivity contribution in [2.45, 2.75) is 19.4 Å². The number of aliphatic imine (C=N–C) groups is 1. The zero-order chi connectivity index (χ0) is 26.0. The minimum atomic E-state index is 0.135. The first-order valence-electron chi connectivity index (χ1n) is 12.1. The molecule has 0 saturated carbocycles. The van der Waals surface area contributed by atoms with Gasteiger partial charge in [0.15, 0.2) is 17.5 Å². The first kappa shape index (κ1) is 25.7. The van der Waals surface area contributed by atoms with Crippen molar-refractivity contribution in [1.29, 1.82) is 0 Å². The highest BCUT2D eigenvalue weighted by atomic mass is 16.5. The lowest BCUT2D eigenvalue weighted by Gasteiger charge is -2.14. The van der Waals surface area contributed by atoms with Crippen molar-refractivity contribution >= 4 is 28.4 Å². The minimum absolute atomic E-state index is 0.135. The van der Waals surface area contributed by atoms with Crippen LogP contribution >= 0.6 is 0 Å². The third-order valence-corrected chi connectivity index (χ3v) is 5.72. The molecule has 0 radical (unpaired) electrons. The largest absolute Gasteiger partial charge is 0.493 e. The third kappa shape index (κ3) is 6.86. The Morgan fingerprint density at radius 3 is 2.59 bits per heavy atom. The highest BCUT2D eigenvalue weighted by Gasteiger charge is 2.13. The lowest BCUT2D eigenvalue weighted by atomic mass is 10.1. The highest BCUT2D eigenvalue weighted by Crippen LogP contribution is 2.30. The normalized spacial score (nSPS) is 11.4. The van der Waals surface area contributed by atoms with Gasteiger partial charge in [-0.3, -0.25) is 4.99 Å². The van der Waals surface area contributed by atoms with Crippen LogP contribution in [0.25, 0.3) is 10.9 Å². The second-order valence-corrected chi connectivity index (χ2v) is 8.39. The SMILES string of the molecule is CN=C(N)Nc1nc(Cc2ccc(OCc3ccccc3)c(OC)c2)nc2cc(NCCCO)ccc12. The zero-order valence-electron chi connectivity index (χ0n) is 21.1. The molecule has 0 atom stereocenters. The fourth-order valence-electron chi connectivity index (χ4n) is 3.81. The summed E-state index contributed by atoms with van der Waals surface area (Å²) in [5.74, 6) is 2.77. The molecule has 0 aliphatic heterocycles. The van der Waals surface area contributed by atoms with E-state index < -0.39 is 0 Å². The third-order valence-electron chi connectivity index (χ3n) is 5.72. The van der Waals surface area contributed by atoms with Crippen molar-refractivity contribution in [2.24, 2.45) is 10.7 Å². The Balaban J connectivity index is 1.60. The van der Waals surface area contributed by atoms with Crippen molar-refractivity contribution < 1.29 is 14.6 Å². The molecule has 0 amide bonds. The number of rotatable bonds is 11. The van der Waals surface area contributed by atoms with E-state index in [4.69, 9.17) is 30.3 Å². The summed E-state index contributed by atoms with van der Waals surface area (Å²) in [6.45, 7) is 1.25. The quantitative estimate of drug-likeness (QED) is 0.138. The molecule has 9 nitrogen and oxygen atoms in total. The van der Waals surface area contributed by atoms with Crippen LogP contribution in [0.5, 0.6) is 11.5 Å². The van der Waals surface area contributed by atoms with Gasteiger partial charge in [0.1, 0.15) is 18.2 Å². The van der Waals surface area contributed by atoms with E-state index in [9.17, 15) is 0 Å². The maximum atomic E-state index is 9.06. The number of methoxy groups -OCH3 is 1. The maximum absolute atomic E-state index is 9.06. The van der Waals surface area contributed by atoms with Crippen LogP contribution in [0.2, 0.25) is 0 Å². The van der Waals surface area contributed by atoms with Crippen LogP contribution in [0.3, 0.4) is 0 Å². The molecule has 3 aromatic carbocycles. The summed E-state index contributed by atoms with van der Waals surface area (Å²) in [7, 11) is 3.24. The predicted octanol–water partition coefficient (Wildman–Crippen LogP) is 3.96. The lowest BCUT2D eigenvalue weighted by molar-refractivity contribution is 0.284. The predicted molar refractivity (Wildman–Crippen MR) is 147 cm³/mol. The second kappa shape index (κ2) is 12.5. The second-order valence-electron chi connectivity index (χ2n) is 8.39. The Morgan fingerprint density at radius 1 is 1.00 bits per heavy atom. The van der Waals surface area contributed by atoms with Crippen LogP contribution < -0.4 is 25.8 Å². The monoisotopic (exact) mass is 500 g/mol. The Bertz CT molecular complexity index is 1360. The molecule has 5 N–H and O–H groups in total. The number of hydrogen-bond donors (Lipinski definition) is 4. The number of fused-ring (bicyclic) bond motifs is 1. The van der Waals surface area contributed by atoms with Gasteiger partial charge in [0.05, 0.1) is 12.6 Å². The summed E-state index contributed by atoms with van der Waals surface area (Å²) in [4.78, 5) is 13.5. The van der Waals surface area contributed by atoms with Gasteiger partial charge < -0.3 is 30.9 Å². The van der Waals surface area contributed by atoms with Gasteiger partial charge in [-0.15, -0.1) is 0 Å². The highest BCUT2D eigenvalue weighted by molar-refractivity contribution is 6.00. The Hall–Kier alpha value is -4.37. The van der Waals surface area contributed by atoms with E-state index in [-0.39, 0.29) is 12.6 Å². The Morgan fingerprint density at radius 2 is 1.84 bits per heavy atom. The van der Waals surface area contributed by atoms with Crippen LogP contribution in [0.1, 0.15) is 23.4 Å². The van der Waals surface area contributed by atoms with Gasteiger partial charge in [-0.2, -0.15) is 0 Å². The maximum Gasteiger partial charge on any atom is 0.194 e. The van der Waals surface area contributed by atoms with E-state index in [1.54, 1.807) is 14.2 Å². The molecule has 1 aromatic heterocycles. The molecule has 0 saturated heterocycles. The number of nitrogens with one attached hydrogen (secondary N) is 2. The topological polar surface area (TPSA) is 127 Å². The van der Waals surface area contributed by atoms with E-state index in [2.05, 4.69) is 15.6 Å². The van der Waals surface area contributed by atoms with Gasteiger partial charge in [0, 0.05) is 37.7 Å². The van der Waals surface area contributed by atoms with Gasteiger partial charge >= 0.3 is 0 Å². The molecule has 192 valence electrons. The van der Waals surface area contributed by atoms with E-state index in [1.807, 2.05) is 66.7 Å². The molecule has 0 aliphatic rings. The number of anilines is 2. The van der Waals surface area contributed by atoms with E-state index in [1.165, 1.54) is 0 Å². The molecule has 0 unspecified atom stereocenters. The number of ether oxygens (including phenoxy) is 2. The van der Waals surface area contributed by atoms with Crippen LogP contribution in [0.15, 0.2) is 71.7 Å². The Labute approximate surface area is 216 Å². The smallest absolute Gasteiger partial charge is 0.194 e. The number of nitrogens with two attached hydrogens (primary N) is 1. The number of hydrogen-bond acceptors (Lipinski definition) is 7. The van der Waals surface area contributed by atoms with Crippen LogP contribution in [0.4, 0.5) is 11.5 Å². The van der Waals surface area contributed by atoms with Gasteiger partial charge in [0.25, 0.3) is 0 Å². The van der Waals surface area contributed by atoms with E-state index >= 15 is 0 Å². The molecular formula is C28H32N6O3. The van der Waals surface area contributed by atoms with Gasteiger partial charge in [-0.1, -0.05) is 36.4 Å². The van der Waals surface area contributed by atoms with Gasteiger partial charge in [-0.05, 0) is 47.9 Å². The van der Waals surface area contributed by atoms with Crippen molar-refractivity contribution in [1.82, 2.24) is 9.97 Å². The van der Waals surface area contributed by atoms with Crippen molar-refractivity contribution in [2.75, 3.05) is 37.9 Å². The standard InChI is InChI=1S/C28H32N6O3/c1-30-28(29)34-27-22-11-10-21(31-13-6-14-35)17-23(22)32-26(33-27)16-20-9-12-24(25(15-20)36-2)37-18-19-7-4-3-5-8-19/h3-5,7-12,15,17,31,35H,6,13-14,16,18H2,1-2H3,(H3,29,30,32,33,34). The molecule has 4 rings (SSSR count). The van der Waals surface area contributed by atoms with Crippen LogP contribution in [-0.4, -0.2) is 48.3 Å². The number of guanidine groups is 1. The molecule has 0 fully saturated rings. The zero-order valence-corrected chi connectivity index (χ0v) is 21.1. The van der Waals surface area contributed by atoms with Gasteiger partial charge in [0.2, 0.25) is 0 Å². The summed E-state index contributed by atoms with van der Waals surface area (Å²) in [5, 5.41) is 16.3. The Kier molecular flexibility index (Phi) is 8.72. The molecule has 1 heterocycles. The van der Waals surface area contributed by atoms with Gasteiger partial charge in [-0.25, -0.2) is 9.97 Å². The molecule has 37 heavy (non-hydrogen) atoms. The fraction of sp³-hybridized carbons (Fsp3) is 0.250. The number of aliphatic hydroxyl groups excluding tert-OH is 1. The summed E-state index contributed by atoms with van der Waals surface area (Å²) < 4.78 is 11.6. The summed E-state index contributed by atoms with van der Waals surface area (Å²) in [5.41, 5.74) is 9.68. The van der Waals surface area contributed by atoms with Crippen LogP contribution in [0, 0.1) is 0 Å². The number of nitrogens with zero attached hydrogens (tertiary/aromatic N) is 3. The number of aliphatic hydroxyl groups is 1. The van der Waals surface area contributed by atoms with E-state index in [0.29, 0.717) is 49.1 Å². The fourth-order valence-corrected chi connectivity index (χ4v) is 3.81. The summed E-state index contributed by atoms with van der Waals surface area (Å²) in [6.07, 6.45) is 1.14. The summed E-state index contributed by atoms with van der Waals surface area (Å²) in [6, 6.07) is 21.7. The van der Waals surface area contributed by atoms with Crippen molar-refractivity contribution in [3.63, 3.8) is 0 Å². The molecule has 0 spiro atoms. The van der Waals surface area contributed by atoms with E-state index in [0.717, 1.165) is 27.7 Å².